The average molecular weight is 186 g/mol. The fourth-order valence-electron chi connectivity index (χ4n) is 2.51. The van der Waals surface area contributed by atoms with Crippen molar-refractivity contribution in [3.05, 3.63) is 39.5 Å². The molecule has 0 spiro atoms. The molecule has 74 valence electrons. The van der Waals surface area contributed by atoms with Gasteiger partial charge in [-0.1, -0.05) is 19.1 Å². The molecule has 0 heterocycles. The summed E-state index contributed by atoms with van der Waals surface area (Å²) in [6.45, 7) is 11.2. The summed E-state index contributed by atoms with van der Waals surface area (Å²) in [5, 5.41) is 0. The molecule has 1 aliphatic rings. The minimum Gasteiger partial charge on any atom is -0.0766 e. The lowest BCUT2D eigenvalue weighted by atomic mass is 9.87. The van der Waals surface area contributed by atoms with Gasteiger partial charge < -0.3 is 0 Å². The number of rotatable bonds is 0. The lowest BCUT2D eigenvalue weighted by Crippen LogP contribution is -2.01. The van der Waals surface area contributed by atoms with Crippen LogP contribution in [0.4, 0.5) is 0 Å². The average Bonchev–Trinajstić information content (AvgIpc) is 2.54. The Morgan fingerprint density at radius 2 is 1.43 bits per heavy atom. The molecule has 1 atom stereocenters. The molecule has 0 aromatic heterocycles. The van der Waals surface area contributed by atoms with Crippen molar-refractivity contribution in [1.29, 1.82) is 0 Å². The standard InChI is InChI=1S/C14H18/c1-8-6-7-13-11(4)9(2)10(3)12(5)14(8)13/h6-8H,1-5H3. The molecule has 0 aliphatic heterocycles. The van der Waals surface area contributed by atoms with Crippen molar-refractivity contribution in [2.75, 3.05) is 0 Å². The van der Waals surface area contributed by atoms with Crippen molar-refractivity contribution in [2.45, 2.75) is 40.5 Å². The Morgan fingerprint density at radius 1 is 0.857 bits per heavy atom. The SMILES string of the molecule is Cc1c(C)c(C)c2c(c1C)C=CC2C. The second-order valence-electron chi connectivity index (χ2n) is 4.48. The summed E-state index contributed by atoms with van der Waals surface area (Å²) in [5.41, 5.74) is 8.89. The van der Waals surface area contributed by atoms with Gasteiger partial charge in [-0.05, 0) is 61.1 Å². The van der Waals surface area contributed by atoms with Gasteiger partial charge in [0.1, 0.15) is 0 Å². The largest absolute Gasteiger partial charge is 0.0766 e. The molecule has 0 nitrogen and oxygen atoms in total. The van der Waals surface area contributed by atoms with E-state index in [1.54, 1.807) is 5.56 Å². The predicted molar refractivity (Wildman–Crippen MR) is 62.8 cm³/mol. The minimum atomic E-state index is 0.600. The van der Waals surface area contributed by atoms with E-state index < -0.39 is 0 Å². The Bertz CT molecular complexity index is 422. The van der Waals surface area contributed by atoms with E-state index in [-0.39, 0.29) is 0 Å². The van der Waals surface area contributed by atoms with Crippen LogP contribution in [0.3, 0.4) is 0 Å². The molecule has 0 radical (unpaired) electrons. The summed E-state index contributed by atoms with van der Waals surface area (Å²) in [5.74, 6) is 0.600. The van der Waals surface area contributed by atoms with E-state index in [4.69, 9.17) is 0 Å². The monoisotopic (exact) mass is 186 g/mol. The molecular weight excluding hydrogens is 168 g/mol. The molecule has 1 aliphatic carbocycles. The van der Waals surface area contributed by atoms with Crippen LogP contribution in [0.15, 0.2) is 6.08 Å². The van der Waals surface area contributed by atoms with E-state index in [9.17, 15) is 0 Å². The maximum Gasteiger partial charge on any atom is 0.000166 e. The molecule has 14 heavy (non-hydrogen) atoms. The first-order valence-corrected chi connectivity index (χ1v) is 5.32. The van der Waals surface area contributed by atoms with Gasteiger partial charge in [0.15, 0.2) is 0 Å². The Kier molecular flexibility index (Phi) is 2.02. The number of hydrogen-bond acceptors (Lipinski definition) is 0. The molecule has 0 fully saturated rings. The second kappa shape index (κ2) is 2.98. The normalized spacial score (nSPS) is 18.8. The van der Waals surface area contributed by atoms with Gasteiger partial charge in [-0.3, -0.25) is 0 Å². The lowest BCUT2D eigenvalue weighted by molar-refractivity contribution is 0.960. The van der Waals surface area contributed by atoms with Gasteiger partial charge in [0.05, 0.1) is 0 Å². The fraction of sp³-hybridized carbons (Fsp3) is 0.429. The van der Waals surface area contributed by atoms with E-state index >= 15 is 0 Å². The van der Waals surface area contributed by atoms with Crippen LogP contribution in [0.5, 0.6) is 0 Å². The Hall–Kier alpha value is -1.04. The number of hydrogen-bond donors (Lipinski definition) is 0. The van der Waals surface area contributed by atoms with Crippen LogP contribution in [-0.4, -0.2) is 0 Å². The zero-order valence-electron chi connectivity index (χ0n) is 9.73. The van der Waals surface area contributed by atoms with Crippen LogP contribution in [-0.2, 0) is 0 Å². The Balaban J connectivity index is 2.82. The first-order valence-electron chi connectivity index (χ1n) is 5.32. The van der Waals surface area contributed by atoms with Crippen LogP contribution in [0.1, 0.15) is 46.2 Å². The zero-order valence-corrected chi connectivity index (χ0v) is 9.73. The van der Waals surface area contributed by atoms with Crippen molar-refractivity contribution in [1.82, 2.24) is 0 Å². The molecular formula is C14H18. The van der Waals surface area contributed by atoms with Crippen LogP contribution in [0.2, 0.25) is 0 Å². The van der Waals surface area contributed by atoms with Gasteiger partial charge in [0.25, 0.3) is 0 Å². The van der Waals surface area contributed by atoms with Crippen molar-refractivity contribution in [3.8, 4) is 0 Å². The molecule has 0 N–H and O–H groups in total. The summed E-state index contributed by atoms with van der Waals surface area (Å²) in [6.07, 6.45) is 4.60. The van der Waals surface area contributed by atoms with E-state index in [1.165, 1.54) is 27.8 Å². The molecule has 1 unspecified atom stereocenters. The predicted octanol–water partition coefficient (Wildman–Crippen LogP) is 4.05. The molecule has 0 amide bonds. The maximum atomic E-state index is 2.31. The second-order valence-corrected chi connectivity index (χ2v) is 4.48. The third-order valence-corrected chi connectivity index (χ3v) is 3.79. The van der Waals surface area contributed by atoms with Gasteiger partial charge in [-0.2, -0.15) is 0 Å². The lowest BCUT2D eigenvalue weighted by Gasteiger charge is -2.17. The number of benzene rings is 1. The molecule has 0 saturated carbocycles. The quantitative estimate of drug-likeness (QED) is 0.573. The van der Waals surface area contributed by atoms with Gasteiger partial charge in [0.2, 0.25) is 0 Å². The third-order valence-electron chi connectivity index (χ3n) is 3.79. The molecule has 0 heteroatoms. The molecule has 1 aromatic rings. The topological polar surface area (TPSA) is 0 Å². The summed E-state index contributed by atoms with van der Waals surface area (Å²) >= 11 is 0. The highest BCUT2D eigenvalue weighted by Gasteiger charge is 2.20. The van der Waals surface area contributed by atoms with Crippen LogP contribution in [0, 0.1) is 27.7 Å². The summed E-state index contributed by atoms with van der Waals surface area (Å²) < 4.78 is 0. The Labute approximate surface area is 86.7 Å². The van der Waals surface area contributed by atoms with Crippen molar-refractivity contribution < 1.29 is 0 Å². The number of allylic oxidation sites excluding steroid dienone is 1. The first kappa shape index (κ1) is 9.51. The number of fused-ring (bicyclic) bond motifs is 1. The first-order chi connectivity index (χ1) is 6.54. The van der Waals surface area contributed by atoms with Gasteiger partial charge in [-0.25, -0.2) is 0 Å². The summed E-state index contributed by atoms with van der Waals surface area (Å²) in [7, 11) is 0. The van der Waals surface area contributed by atoms with Crippen molar-refractivity contribution >= 4 is 6.08 Å². The van der Waals surface area contributed by atoms with E-state index in [0.29, 0.717) is 5.92 Å². The van der Waals surface area contributed by atoms with Gasteiger partial charge >= 0.3 is 0 Å². The van der Waals surface area contributed by atoms with Crippen LogP contribution >= 0.6 is 0 Å². The third kappa shape index (κ3) is 1.06. The molecule has 1 aromatic carbocycles. The van der Waals surface area contributed by atoms with E-state index in [2.05, 4.69) is 46.8 Å². The highest BCUT2D eigenvalue weighted by molar-refractivity contribution is 5.70. The van der Waals surface area contributed by atoms with Crippen molar-refractivity contribution in [3.63, 3.8) is 0 Å². The van der Waals surface area contributed by atoms with Crippen molar-refractivity contribution in [2.24, 2.45) is 0 Å². The maximum absolute atomic E-state index is 2.31. The van der Waals surface area contributed by atoms with Crippen LogP contribution in [0.25, 0.3) is 6.08 Å². The fourth-order valence-corrected chi connectivity index (χ4v) is 2.51. The molecule has 0 bridgehead atoms. The summed E-state index contributed by atoms with van der Waals surface area (Å²) in [4.78, 5) is 0. The zero-order chi connectivity index (χ0) is 10.5. The van der Waals surface area contributed by atoms with Gasteiger partial charge in [0, 0.05) is 5.92 Å². The minimum absolute atomic E-state index is 0.600. The highest BCUT2D eigenvalue weighted by atomic mass is 14.2. The van der Waals surface area contributed by atoms with Crippen LogP contribution < -0.4 is 0 Å². The van der Waals surface area contributed by atoms with Gasteiger partial charge in [-0.15, -0.1) is 0 Å². The Morgan fingerprint density at radius 3 is 2.07 bits per heavy atom. The smallest absolute Gasteiger partial charge is 0.000166 e. The summed E-state index contributed by atoms with van der Waals surface area (Å²) in [6, 6.07) is 0. The molecule has 0 saturated heterocycles. The highest BCUT2D eigenvalue weighted by Crippen LogP contribution is 2.37. The van der Waals surface area contributed by atoms with E-state index in [1.807, 2.05) is 0 Å². The van der Waals surface area contributed by atoms with E-state index in [0.717, 1.165) is 0 Å². The molecule has 2 rings (SSSR count).